The molecule has 6 nitrogen and oxygen atoms in total. The van der Waals surface area contributed by atoms with Gasteiger partial charge in [0.1, 0.15) is 6.33 Å². The van der Waals surface area contributed by atoms with Crippen molar-refractivity contribution in [2.75, 3.05) is 6.61 Å². The van der Waals surface area contributed by atoms with Crippen molar-refractivity contribution in [2.45, 2.75) is 19.4 Å². The molecule has 1 unspecified atom stereocenters. The number of H-pyrrole nitrogens is 1. The van der Waals surface area contributed by atoms with Crippen LogP contribution in [0.3, 0.4) is 0 Å². The predicted molar refractivity (Wildman–Crippen MR) is 45.0 cm³/mol. The summed E-state index contributed by atoms with van der Waals surface area (Å²) in [6.45, 7) is 1.86. The second-order valence-electron chi connectivity index (χ2n) is 2.72. The summed E-state index contributed by atoms with van der Waals surface area (Å²) < 4.78 is 0. The molecule has 1 atom stereocenters. The molecule has 0 spiro atoms. The Morgan fingerprint density at radius 1 is 1.85 bits per heavy atom. The number of hydrogen-bond acceptors (Lipinski definition) is 4. The van der Waals surface area contributed by atoms with E-state index in [4.69, 9.17) is 5.11 Å². The van der Waals surface area contributed by atoms with Gasteiger partial charge in [0.15, 0.2) is 0 Å². The van der Waals surface area contributed by atoms with E-state index in [1.54, 1.807) is 0 Å². The quantitative estimate of drug-likeness (QED) is 0.577. The third-order valence-electron chi connectivity index (χ3n) is 1.57. The minimum atomic E-state index is -0.307. The first-order valence-electron chi connectivity index (χ1n) is 4.01. The molecule has 1 aromatic rings. The number of hydrogen-bond donors (Lipinski definition) is 3. The second-order valence-corrected chi connectivity index (χ2v) is 2.72. The Hall–Kier alpha value is -1.43. The molecule has 1 heterocycles. The summed E-state index contributed by atoms with van der Waals surface area (Å²) in [6, 6.07) is -0.0670. The van der Waals surface area contributed by atoms with Crippen LogP contribution in [-0.4, -0.2) is 38.8 Å². The summed E-state index contributed by atoms with van der Waals surface area (Å²) in [5, 5.41) is 17.2. The molecule has 13 heavy (non-hydrogen) atoms. The van der Waals surface area contributed by atoms with E-state index >= 15 is 0 Å². The fourth-order valence-corrected chi connectivity index (χ4v) is 0.873. The fourth-order valence-electron chi connectivity index (χ4n) is 0.873. The molecule has 0 radical (unpaired) electrons. The lowest BCUT2D eigenvalue weighted by Gasteiger charge is -2.10. The van der Waals surface area contributed by atoms with Crippen LogP contribution in [0, 0.1) is 0 Å². The Bertz CT molecular complexity index is 259. The van der Waals surface area contributed by atoms with Crippen LogP contribution in [0.15, 0.2) is 6.33 Å². The minimum absolute atomic E-state index is 0.0534. The summed E-state index contributed by atoms with van der Waals surface area (Å²) in [5.74, 6) is -0.122. The van der Waals surface area contributed by atoms with Crippen molar-refractivity contribution >= 4 is 5.91 Å². The Morgan fingerprint density at radius 2 is 2.62 bits per heavy atom. The van der Waals surface area contributed by atoms with Crippen molar-refractivity contribution in [3.8, 4) is 0 Å². The Balaban J connectivity index is 2.42. The predicted octanol–water partition coefficient (Wildman–Crippen LogP) is -0.695. The number of aliphatic hydroxyl groups is 1. The van der Waals surface area contributed by atoms with Gasteiger partial charge in [-0.3, -0.25) is 9.89 Å². The lowest BCUT2D eigenvalue weighted by Crippen LogP contribution is -2.33. The number of amides is 1. The monoisotopic (exact) mass is 184 g/mol. The highest BCUT2D eigenvalue weighted by Gasteiger charge is 2.10. The van der Waals surface area contributed by atoms with E-state index in [0.29, 0.717) is 6.42 Å². The third kappa shape index (κ3) is 2.83. The lowest BCUT2D eigenvalue weighted by atomic mass is 10.2. The summed E-state index contributed by atoms with van der Waals surface area (Å²) in [7, 11) is 0. The number of aromatic amines is 1. The van der Waals surface area contributed by atoms with Crippen LogP contribution >= 0.6 is 0 Å². The molecule has 1 rings (SSSR count). The van der Waals surface area contributed by atoms with E-state index < -0.39 is 0 Å². The average molecular weight is 184 g/mol. The number of carbonyl (C=O) groups is 1. The van der Waals surface area contributed by atoms with Gasteiger partial charge in [-0.2, -0.15) is 5.10 Å². The molecule has 3 N–H and O–H groups in total. The van der Waals surface area contributed by atoms with Gasteiger partial charge in [0.05, 0.1) is 0 Å². The van der Waals surface area contributed by atoms with Gasteiger partial charge in [-0.15, -0.1) is 0 Å². The average Bonchev–Trinajstić information content (AvgIpc) is 2.55. The summed E-state index contributed by atoms with van der Waals surface area (Å²) >= 11 is 0. The van der Waals surface area contributed by atoms with E-state index in [1.807, 2.05) is 6.92 Å². The largest absolute Gasteiger partial charge is 0.396 e. The molecule has 72 valence electrons. The van der Waals surface area contributed by atoms with Crippen LogP contribution in [0.2, 0.25) is 0 Å². The molecule has 6 heteroatoms. The number of aromatic nitrogens is 3. The van der Waals surface area contributed by atoms with E-state index in [2.05, 4.69) is 20.5 Å². The Labute approximate surface area is 75.4 Å². The van der Waals surface area contributed by atoms with E-state index in [0.717, 1.165) is 0 Å². The normalized spacial score (nSPS) is 12.5. The molecular formula is C7H12N4O2. The van der Waals surface area contributed by atoms with Gasteiger partial charge < -0.3 is 10.4 Å². The van der Waals surface area contributed by atoms with Crippen molar-refractivity contribution in [1.82, 2.24) is 20.5 Å². The van der Waals surface area contributed by atoms with Gasteiger partial charge in [0.2, 0.25) is 5.82 Å². The third-order valence-corrected chi connectivity index (χ3v) is 1.57. The molecule has 0 aliphatic carbocycles. The maximum absolute atomic E-state index is 11.3. The summed E-state index contributed by atoms with van der Waals surface area (Å²) in [5.41, 5.74) is 0. The second kappa shape index (κ2) is 4.56. The number of nitrogens with zero attached hydrogens (tertiary/aromatic N) is 2. The fraction of sp³-hybridized carbons (Fsp3) is 0.571. The van der Waals surface area contributed by atoms with Crippen molar-refractivity contribution in [3.05, 3.63) is 12.2 Å². The van der Waals surface area contributed by atoms with Crippen molar-refractivity contribution in [2.24, 2.45) is 0 Å². The molecule has 0 aromatic carbocycles. The zero-order valence-electron chi connectivity index (χ0n) is 7.32. The van der Waals surface area contributed by atoms with Gasteiger partial charge in [-0.25, -0.2) is 4.98 Å². The van der Waals surface area contributed by atoms with Gasteiger partial charge in [-0.1, -0.05) is 0 Å². The Morgan fingerprint density at radius 3 is 3.15 bits per heavy atom. The van der Waals surface area contributed by atoms with Gasteiger partial charge in [0.25, 0.3) is 5.91 Å². The number of aliphatic hydroxyl groups excluding tert-OH is 1. The molecule has 0 saturated carbocycles. The van der Waals surface area contributed by atoms with Crippen LogP contribution in [0.1, 0.15) is 24.0 Å². The molecule has 0 aliphatic rings. The van der Waals surface area contributed by atoms with Crippen LogP contribution in [0.25, 0.3) is 0 Å². The molecule has 1 aromatic heterocycles. The number of nitrogens with one attached hydrogen (secondary N) is 2. The first-order valence-corrected chi connectivity index (χ1v) is 4.01. The van der Waals surface area contributed by atoms with E-state index in [9.17, 15) is 4.79 Å². The summed E-state index contributed by atoms with van der Waals surface area (Å²) in [6.07, 6.45) is 1.80. The van der Waals surface area contributed by atoms with Crippen LogP contribution in [0.4, 0.5) is 0 Å². The van der Waals surface area contributed by atoms with Gasteiger partial charge in [0, 0.05) is 12.6 Å². The maximum atomic E-state index is 11.3. The van der Waals surface area contributed by atoms with Gasteiger partial charge >= 0.3 is 0 Å². The van der Waals surface area contributed by atoms with Crippen molar-refractivity contribution < 1.29 is 9.90 Å². The molecule has 0 fully saturated rings. The lowest BCUT2D eigenvalue weighted by molar-refractivity contribution is 0.0924. The molecule has 0 saturated heterocycles. The van der Waals surface area contributed by atoms with Crippen LogP contribution < -0.4 is 5.32 Å². The SMILES string of the molecule is CC(CCO)NC(=O)c1ncn[nH]1. The molecule has 1 amide bonds. The standard InChI is InChI=1S/C7H12N4O2/c1-5(2-3-12)10-7(13)6-8-4-9-11-6/h4-5,12H,2-3H2,1H3,(H,10,13)(H,8,9,11). The first kappa shape index (κ1) is 9.66. The number of carbonyl (C=O) groups excluding carboxylic acids is 1. The van der Waals surface area contributed by atoms with Crippen molar-refractivity contribution in [3.63, 3.8) is 0 Å². The van der Waals surface area contributed by atoms with E-state index in [-0.39, 0.29) is 24.4 Å². The molecule has 0 aliphatic heterocycles. The van der Waals surface area contributed by atoms with Crippen LogP contribution in [0.5, 0.6) is 0 Å². The van der Waals surface area contributed by atoms with Gasteiger partial charge in [-0.05, 0) is 13.3 Å². The van der Waals surface area contributed by atoms with Crippen LogP contribution in [-0.2, 0) is 0 Å². The highest BCUT2D eigenvalue weighted by molar-refractivity contribution is 5.90. The Kier molecular flexibility index (Phi) is 3.39. The minimum Gasteiger partial charge on any atom is -0.396 e. The smallest absolute Gasteiger partial charge is 0.288 e. The zero-order chi connectivity index (χ0) is 9.68. The first-order chi connectivity index (χ1) is 6.24. The summed E-state index contributed by atoms with van der Waals surface area (Å²) in [4.78, 5) is 15.0. The number of rotatable bonds is 4. The highest BCUT2D eigenvalue weighted by atomic mass is 16.3. The maximum Gasteiger partial charge on any atom is 0.288 e. The van der Waals surface area contributed by atoms with E-state index in [1.165, 1.54) is 6.33 Å². The molecular weight excluding hydrogens is 172 g/mol. The topological polar surface area (TPSA) is 90.9 Å². The van der Waals surface area contributed by atoms with Crippen molar-refractivity contribution in [1.29, 1.82) is 0 Å². The molecule has 0 bridgehead atoms. The highest BCUT2D eigenvalue weighted by Crippen LogP contribution is 1.91. The zero-order valence-corrected chi connectivity index (χ0v) is 7.32.